The van der Waals surface area contributed by atoms with Gasteiger partial charge in [0.2, 0.25) is 5.75 Å². The van der Waals surface area contributed by atoms with Gasteiger partial charge in [0.25, 0.3) is 5.91 Å². The van der Waals surface area contributed by atoms with Gasteiger partial charge in [-0.05, 0) is 29.8 Å². The van der Waals surface area contributed by atoms with Gasteiger partial charge in [0.05, 0.1) is 17.7 Å². The lowest BCUT2D eigenvalue weighted by Crippen LogP contribution is -2.03. The van der Waals surface area contributed by atoms with E-state index in [1.165, 1.54) is 25.3 Å². The second-order valence-corrected chi connectivity index (χ2v) is 5.49. The number of nitro groups is 1. The number of hydrogen-bond donors (Lipinski definition) is 2. The quantitative estimate of drug-likeness (QED) is 0.503. The summed E-state index contributed by atoms with van der Waals surface area (Å²) < 4.78 is 4.95. The molecule has 0 saturated carbocycles. The molecule has 1 aliphatic rings. The Morgan fingerprint density at radius 1 is 1.33 bits per heavy atom. The molecule has 0 spiro atoms. The molecule has 1 heterocycles. The summed E-state index contributed by atoms with van der Waals surface area (Å²) in [5.74, 6) is -0.958. The number of aromatic hydroxyl groups is 1. The number of nitrogens with one attached hydrogen (secondary N) is 1. The van der Waals surface area contributed by atoms with Crippen LogP contribution in [0.25, 0.3) is 11.6 Å². The Balaban J connectivity index is 2.14. The number of hydrogen-bond acceptors (Lipinski definition) is 5. The summed E-state index contributed by atoms with van der Waals surface area (Å²) in [5, 5.41) is 24.0. The highest BCUT2D eigenvalue weighted by molar-refractivity contribution is 6.36. The number of halogens is 1. The Morgan fingerprint density at radius 2 is 2.08 bits per heavy atom. The summed E-state index contributed by atoms with van der Waals surface area (Å²) in [6.07, 6.45) is 1.49. The first-order valence-corrected chi connectivity index (χ1v) is 7.17. The molecular weight excluding hydrogens is 336 g/mol. The van der Waals surface area contributed by atoms with Gasteiger partial charge in [-0.15, -0.1) is 0 Å². The lowest BCUT2D eigenvalue weighted by Gasteiger charge is -2.06. The predicted octanol–water partition coefficient (Wildman–Crippen LogP) is 3.46. The molecule has 0 atom stereocenters. The van der Waals surface area contributed by atoms with Crippen molar-refractivity contribution in [2.45, 2.75) is 0 Å². The fourth-order valence-electron chi connectivity index (χ4n) is 2.47. The molecule has 3 rings (SSSR count). The van der Waals surface area contributed by atoms with Gasteiger partial charge in [0.1, 0.15) is 0 Å². The van der Waals surface area contributed by atoms with Crippen molar-refractivity contribution in [1.82, 2.24) is 0 Å². The molecule has 1 aliphatic heterocycles. The molecular formula is C16H11ClN2O5. The monoisotopic (exact) mass is 346 g/mol. The van der Waals surface area contributed by atoms with E-state index in [1.54, 1.807) is 18.2 Å². The minimum atomic E-state index is -0.720. The molecule has 1 amide bonds. The van der Waals surface area contributed by atoms with Crippen molar-refractivity contribution in [3.05, 3.63) is 56.6 Å². The number of phenols is 1. The summed E-state index contributed by atoms with van der Waals surface area (Å²) in [7, 11) is 1.29. The van der Waals surface area contributed by atoms with Gasteiger partial charge < -0.3 is 15.2 Å². The summed E-state index contributed by atoms with van der Waals surface area (Å²) in [4.78, 5) is 22.5. The molecule has 2 aromatic rings. The Kier molecular flexibility index (Phi) is 3.86. The van der Waals surface area contributed by atoms with Gasteiger partial charge in [-0.25, -0.2) is 0 Å². The van der Waals surface area contributed by atoms with Crippen LogP contribution in [-0.4, -0.2) is 23.0 Å². The lowest BCUT2D eigenvalue weighted by molar-refractivity contribution is -0.386. The van der Waals surface area contributed by atoms with Crippen molar-refractivity contribution in [2.24, 2.45) is 0 Å². The number of ether oxygens (including phenoxy) is 1. The van der Waals surface area contributed by atoms with E-state index in [9.17, 15) is 20.0 Å². The van der Waals surface area contributed by atoms with Gasteiger partial charge >= 0.3 is 5.69 Å². The molecule has 0 aromatic heterocycles. The van der Waals surface area contributed by atoms with E-state index >= 15 is 0 Å². The van der Waals surface area contributed by atoms with Crippen molar-refractivity contribution in [2.75, 3.05) is 12.4 Å². The van der Waals surface area contributed by atoms with Crippen LogP contribution in [0, 0.1) is 10.1 Å². The van der Waals surface area contributed by atoms with Gasteiger partial charge in [0, 0.05) is 22.2 Å². The third-order valence-corrected chi connectivity index (χ3v) is 3.80. The molecule has 24 heavy (non-hydrogen) atoms. The molecule has 2 aromatic carbocycles. The van der Waals surface area contributed by atoms with E-state index in [2.05, 4.69) is 5.32 Å². The maximum absolute atomic E-state index is 12.2. The van der Waals surface area contributed by atoms with Crippen molar-refractivity contribution < 1.29 is 19.6 Å². The zero-order valence-electron chi connectivity index (χ0n) is 12.4. The zero-order valence-corrected chi connectivity index (χ0v) is 13.1. The molecule has 8 heteroatoms. The average Bonchev–Trinajstić information content (AvgIpc) is 2.83. The van der Waals surface area contributed by atoms with E-state index < -0.39 is 16.4 Å². The number of fused-ring (bicyclic) bond motifs is 1. The van der Waals surface area contributed by atoms with Crippen LogP contribution in [0.3, 0.4) is 0 Å². The van der Waals surface area contributed by atoms with Gasteiger partial charge in [-0.2, -0.15) is 0 Å². The first-order chi connectivity index (χ1) is 11.4. The summed E-state index contributed by atoms with van der Waals surface area (Å²) in [6.45, 7) is 0. The van der Waals surface area contributed by atoms with Crippen LogP contribution < -0.4 is 10.1 Å². The maximum atomic E-state index is 12.2. The van der Waals surface area contributed by atoms with Crippen LogP contribution >= 0.6 is 11.6 Å². The Labute approximate surface area is 141 Å². The number of rotatable bonds is 3. The summed E-state index contributed by atoms with van der Waals surface area (Å²) >= 11 is 5.90. The van der Waals surface area contributed by atoms with E-state index in [4.69, 9.17) is 16.3 Å². The molecule has 0 fully saturated rings. The number of phenolic OH excluding ortho intramolecular Hbond substituents is 1. The van der Waals surface area contributed by atoms with Crippen LogP contribution in [0.15, 0.2) is 30.3 Å². The van der Waals surface area contributed by atoms with E-state index in [0.717, 1.165) is 0 Å². The van der Waals surface area contributed by atoms with E-state index in [-0.39, 0.29) is 11.7 Å². The van der Waals surface area contributed by atoms with Crippen LogP contribution in [0.4, 0.5) is 11.4 Å². The third kappa shape index (κ3) is 2.65. The maximum Gasteiger partial charge on any atom is 0.315 e. The number of carbonyl (C=O) groups excluding carboxylic acids is 1. The Bertz CT molecular complexity index is 908. The third-order valence-electron chi connectivity index (χ3n) is 3.57. The molecule has 2 N–H and O–H groups in total. The molecule has 0 radical (unpaired) electrons. The molecule has 0 bridgehead atoms. The normalized spacial score (nSPS) is 14.4. The predicted molar refractivity (Wildman–Crippen MR) is 89.3 cm³/mol. The minimum Gasteiger partial charge on any atom is -0.500 e. The van der Waals surface area contributed by atoms with Gasteiger partial charge in [-0.3, -0.25) is 14.9 Å². The molecule has 122 valence electrons. The largest absolute Gasteiger partial charge is 0.500 e. The second kappa shape index (κ2) is 5.86. The zero-order chi connectivity index (χ0) is 17.4. The first kappa shape index (κ1) is 15.8. The molecule has 0 saturated heterocycles. The number of carbonyl (C=O) groups is 1. The minimum absolute atomic E-state index is 0.0502. The Morgan fingerprint density at radius 3 is 2.75 bits per heavy atom. The number of benzene rings is 2. The number of amides is 1. The highest BCUT2D eigenvalue weighted by atomic mass is 35.5. The number of nitrogens with zero attached hydrogens (tertiary/aromatic N) is 1. The fourth-order valence-corrected chi connectivity index (χ4v) is 2.64. The van der Waals surface area contributed by atoms with Crippen molar-refractivity contribution in [1.29, 1.82) is 0 Å². The van der Waals surface area contributed by atoms with Crippen LogP contribution in [0.1, 0.15) is 11.1 Å². The number of methoxy groups -OCH3 is 1. The van der Waals surface area contributed by atoms with E-state index in [1.807, 2.05) is 0 Å². The standard InChI is InChI=1S/C16H11ClN2O5/c1-24-14-6-8(5-13(15(14)20)19(22)23)4-11-10-3-2-9(17)7-12(10)18-16(11)21/h2-7,20H,1H3,(H,18,21). The second-order valence-electron chi connectivity index (χ2n) is 5.05. The topological polar surface area (TPSA) is 102 Å². The summed E-state index contributed by atoms with van der Waals surface area (Å²) in [5.41, 5.74) is 1.39. The van der Waals surface area contributed by atoms with Crippen molar-refractivity contribution >= 4 is 40.5 Å². The highest BCUT2D eigenvalue weighted by Crippen LogP contribution is 2.39. The fraction of sp³-hybridized carbons (Fsp3) is 0.0625. The van der Waals surface area contributed by atoms with Crippen molar-refractivity contribution in [3.8, 4) is 11.5 Å². The van der Waals surface area contributed by atoms with E-state index in [0.29, 0.717) is 27.4 Å². The van der Waals surface area contributed by atoms with Gasteiger partial charge in [-0.1, -0.05) is 17.7 Å². The summed E-state index contributed by atoms with van der Waals surface area (Å²) in [6, 6.07) is 7.54. The van der Waals surface area contributed by atoms with Gasteiger partial charge in [0.15, 0.2) is 5.75 Å². The first-order valence-electron chi connectivity index (χ1n) is 6.79. The Hall–Kier alpha value is -3.06. The molecule has 0 unspecified atom stereocenters. The highest BCUT2D eigenvalue weighted by Gasteiger charge is 2.25. The lowest BCUT2D eigenvalue weighted by atomic mass is 10.0. The van der Waals surface area contributed by atoms with Crippen molar-refractivity contribution in [3.63, 3.8) is 0 Å². The number of anilines is 1. The number of nitro benzene ring substituents is 1. The molecule has 7 nitrogen and oxygen atoms in total. The van der Waals surface area contributed by atoms with Crippen LogP contribution in [-0.2, 0) is 4.79 Å². The molecule has 0 aliphatic carbocycles. The SMILES string of the molecule is COc1cc(C=C2C(=O)Nc3cc(Cl)ccc32)cc([N+](=O)[O-])c1O. The smallest absolute Gasteiger partial charge is 0.315 e. The van der Waals surface area contributed by atoms with Crippen LogP contribution in [0.2, 0.25) is 5.02 Å². The van der Waals surface area contributed by atoms with Crippen LogP contribution in [0.5, 0.6) is 11.5 Å². The average molecular weight is 347 g/mol.